The molecular formula is C23H20N4O4. The molecule has 0 atom stereocenters. The fourth-order valence-electron chi connectivity index (χ4n) is 2.84. The van der Waals surface area contributed by atoms with E-state index in [0.29, 0.717) is 11.4 Å². The predicted molar refractivity (Wildman–Crippen MR) is 117 cm³/mol. The summed E-state index contributed by atoms with van der Waals surface area (Å²) in [5, 5.41) is 5.25. The van der Waals surface area contributed by atoms with Gasteiger partial charge in [-0.25, -0.2) is 9.88 Å². The Hall–Kier alpha value is -4.33. The summed E-state index contributed by atoms with van der Waals surface area (Å²) < 4.78 is 0. The minimum absolute atomic E-state index is 0.175. The number of nitrogens with one attached hydrogen (secondary N) is 2. The van der Waals surface area contributed by atoms with E-state index in [4.69, 9.17) is 0 Å². The summed E-state index contributed by atoms with van der Waals surface area (Å²) >= 11 is 0. The molecule has 0 aliphatic carbocycles. The van der Waals surface area contributed by atoms with Gasteiger partial charge in [-0.2, -0.15) is 0 Å². The van der Waals surface area contributed by atoms with E-state index in [2.05, 4.69) is 15.6 Å². The summed E-state index contributed by atoms with van der Waals surface area (Å²) in [7, 11) is 0. The number of aromatic nitrogens is 1. The first-order valence-corrected chi connectivity index (χ1v) is 9.40. The molecule has 0 aliphatic rings. The van der Waals surface area contributed by atoms with E-state index < -0.39 is 11.8 Å². The lowest BCUT2D eigenvalue weighted by Gasteiger charge is -2.20. The zero-order chi connectivity index (χ0) is 22.4. The molecule has 3 rings (SSSR count). The van der Waals surface area contributed by atoms with Gasteiger partial charge >= 0.3 is 0 Å². The molecule has 3 aromatic rings. The molecule has 0 saturated heterocycles. The molecule has 1 aromatic heterocycles. The lowest BCUT2D eigenvalue weighted by molar-refractivity contribution is -0.115. The van der Waals surface area contributed by atoms with Crippen LogP contribution in [0.5, 0.6) is 0 Å². The van der Waals surface area contributed by atoms with Crippen LogP contribution in [0.15, 0.2) is 72.9 Å². The predicted octanol–water partition coefficient (Wildman–Crippen LogP) is 3.49. The van der Waals surface area contributed by atoms with Crippen LogP contribution in [0.3, 0.4) is 0 Å². The standard InChI is InChI=1S/C23H20N4O4/c1-15(28)25-19-10-6-17(7-11-19)22(30)27(21-5-3-4-14-24-21)23(31)18-8-12-20(13-9-18)26-16(2)29/h3-14H,1-2H3,(H,25,28)(H,26,29). The zero-order valence-electron chi connectivity index (χ0n) is 17.0. The number of carbonyl (C=O) groups is 4. The van der Waals surface area contributed by atoms with Crippen molar-refractivity contribution in [1.82, 2.24) is 4.98 Å². The maximum absolute atomic E-state index is 13.2. The molecule has 0 saturated carbocycles. The van der Waals surface area contributed by atoms with Crippen molar-refractivity contribution >= 4 is 40.8 Å². The monoisotopic (exact) mass is 416 g/mol. The van der Waals surface area contributed by atoms with Crippen molar-refractivity contribution in [2.45, 2.75) is 13.8 Å². The summed E-state index contributed by atoms with van der Waals surface area (Å²) in [5.41, 5.74) is 1.58. The van der Waals surface area contributed by atoms with Gasteiger partial charge in [0, 0.05) is 42.5 Å². The van der Waals surface area contributed by atoms with E-state index >= 15 is 0 Å². The highest BCUT2D eigenvalue weighted by atomic mass is 16.2. The third-order valence-corrected chi connectivity index (χ3v) is 4.19. The molecule has 8 nitrogen and oxygen atoms in total. The van der Waals surface area contributed by atoms with Crippen LogP contribution in [-0.4, -0.2) is 28.6 Å². The summed E-state index contributed by atoms with van der Waals surface area (Å²) in [6.07, 6.45) is 1.49. The van der Waals surface area contributed by atoms with Gasteiger partial charge in [-0.3, -0.25) is 19.2 Å². The van der Waals surface area contributed by atoms with E-state index in [1.807, 2.05) is 0 Å². The molecule has 0 aliphatic heterocycles. The van der Waals surface area contributed by atoms with Gasteiger partial charge in [-0.1, -0.05) is 6.07 Å². The second-order valence-corrected chi connectivity index (χ2v) is 6.65. The number of anilines is 3. The quantitative estimate of drug-likeness (QED) is 0.619. The van der Waals surface area contributed by atoms with Crippen LogP contribution >= 0.6 is 0 Å². The first-order chi connectivity index (χ1) is 14.8. The highest BCUT2D eigenvalue weighted by Crippen LogP contribution is 2.20. The Morgan fingerprint density at radius 3 is 1.48 bits per heavy atom. The number of benzene rings is 2. The van der Waals surface area contributed by atoms with Crippen LogP contribution in [0.2, 0.25) is 0 Å². The number of hydrogen-bond donors (Lipinski definition) is 2. The van der Waals surface area contributed by atoms with Crippen molar-refractivity contribution in [1.29, 1.82) is 0 Å². The molecule has 156 valence electrons. The summed E-state index contributed by atoms with van der Waals surface area (Å²) in [5.74, 6) is -1.42. The number of pyridine rings is 1. The van der Waals surface area contributed by atoms with Gasteiger partial charge in [0.2, 0.25) is 11.8 Å². The van der Waals surface area contributed by atoms with Crippen LogP contribution in [0.25, 0.3) is 0 Å². The van der Waals surface area contributed by atoms with E-state index in [9.17, 15) is 19.2 Å². The normalized spacial score (nSPS) is 10.1. The van der Waals surface area contributed by atoms with E-state index in [1.165, 1.54) is 44.3 Å². The minimum atomic E-state index is -0.566. The van der Waals surface area contributed by atoms with E-state index in [-0.39, 0.29) is 28.8 Å². The third-order valence-electron chi connectivity index (χ3n) is 4.19. The molecule has 31 heavy (non-hydrogen) atoms. The van der Waals surface area contributed by atoms with Gasteiger partial charge in [0.25, 0.3) is 11.8 Å². The number of rotatable bonds is 5. The largest absolute Gasteiger partial charge is 0.326 e. The van der Waals surface area contributed by atoms with Crippen molar-refractivity contribution in [3.8, 4) is 0 Å². The first-order valence-electron chi connectivity index (χ1n) is 9.40. The Bertz CT molecular complexity index is 1040. The second-order valence-electron chi connectivity index (χ2n) is 6.65. The molecule has 0 radical (unpaired) electrons. The SMILES string of the molecule is CC(=O)Nc1ccc(C(=O)N(C(=O)c2ccc(NC(C)=O)cc2)c2ccccn2)cc1. The highest BCUT2D eigenvalue weighted by Gasteiger charge is 2.27. The Labute approximate surface area is 178 Å². The molecule has 2 aromatic carbocycles. The molecular weight excluding hydrogens is 396 g/mol. The Kier molecular flexibility index (Phi) is 6.51. The van der Waals surface area contributed by atoms with Crippen LogP contribution in [0.1, 0.15) is 34.6 Å². The van der Waals surface area contributed by atoms with Gasteiger partial charge < -0.3 is 10.6 Å². The molecule has 8 heteroatoms. The maximum atomic E-state index is 13.2. The van der Waals surface area contributed by atoms with E-state index in [0.717, 1.165) is 4.90 Å². The van der Waals surface area contributed by atoms with Gasteiger partial charge in [0.1, 0.15) is 5.82 Å². The van der Waals surface area contributed by atoms with Crippen molar-refractivity contribution in [2.75, 3.05) is 15.5 Å². The fraction of sp³-hybridized carbons (Fsp3) is 0.0870. The maximum Gasteiger partial charge on any atom is 0.266 e. The molecule has 0 bridgehead atoms. The summed E-state index contributed by atoms with van der Waals surface area (Å²) in [6, 6.07) is 17.3. The average molecular weight is 416 g/mol. The Morgan fingerprint density at radius 1 is 0.677 bits per heavy atom. The molecule has 0 spiro atoms. The third kappa shape index (κ3) is 5.39. The molecule has 0 fully saturated rings. The van der Waals surface area contributed by atoms with Gasteiger partial charge in [0.05, 0.1) is 0 Å². The topological polar surface area (TPSA) is 108 Å². The molecule has 1 heterocycles. The zero-order valence-corrected chi connectivity index (χ0v) is 17.0. The number of carbonyl (C=O) groups excluding carboxylic acids is 4. The summed E-state index contributed by atoms with van der Waals surface area (Å²) in [6.45, 7) is 2.77. The van der Waals surface area contributed by atoms with Gasteiger partial charge in [0.15, 0.2) is 0 Å². The van der Waals surface area contributed by atoms with Crippen molar-refractivity contribution in [3.05, 3.63) is 84.1 Å². The minimum Gasteiger partial charge on any atom is -0.326 e. The molecule has 4 amide bonds. The highest BCUT2D eigenvalue weighted by molar-refractivity contribution is 6.25. The number of amides is 4. The lowest BCUT2D eigenvalue weighted by atomic mass is 10.1. The summed E-state index contributed by atoms with van der Waals surface area (Å²) in [4.78, 5) is 54.0. The van der Waals surface area contributed by atoms with Crippen molar-refractivity contribution < 1.29 is 19.2 Å². The second kappa shape index (κ2) is 9.45. The van der Waals surface area contributed by atoms with Crippen molar-refractivity contribution in [2.24, 2.45) is 0 Å². The van der Waals surface area contributed by atoms with E-state index in [1.54, 1.807) is 42.5 Å². The average Bonchev–Trinajstić information content (AvgIpc) is 2.75. The van der Waals surface area contributed by atoms with Crippen LogP contribution in [0, 0.1) is 0 Å². The fourth-order valence-corrected chi connectivity index (χ4v) is 2.84. The first kappa shape index (κ1) is 21.4. The van der Waals surface area contributed by atoms with Crippen LogP contribution in [0.4, 0.5) is 17.2 Å². The smallest absolute Gasteiger partial charge is 0.266 e. The Morgan fingerprint density at radius 2 is 1.13 bits per heavy atom. The molecule has 0 unspecified atom stereocenters. The number of nitrogens with zero attached hydrogens (tertiary/aromatic N) is 2. The van der Waals surface area contributed by atoms with Crippen LogP contribution in [-0.2, 0) is 9.59 Å². The molecule has 2 N–H and O–H groups in total. The number of hydrogen-bond acceptors (Lipinski definition) is 5. The van der Waals surface area contributed by atoms with Gasteiger partial charge in [-0.05, 0) is 60.7 Å². The number of imide groups is 1. The van der Waals surface area contributed by atoms with Crippen LogP contribution < -0.4 is 15.5 Å². The van der Waals surface area contributed by atoms with Gasteiger partial charge in [-0.15, -0.1) is 0 Å². The van der Waals surface area contributed by atoms with Crippen molar-refractivity contribution in [3.63, 3.8) is 0 Å². The Balaban J connectivity index is 1.93. The lowest BCUT2D eigenvalue weighted by Crippen LogP contribution is -2.37.